The van der Waals surface area contributed by atoms with Gasteiger partial charge in [-0.15, -0.1) is 0 Å². The molecule has 1 aromatic heterocycles. The number of ether oxygens (including phenoxy) is 1. The average Bonchev–Trinajstić information content (AvgIpc) is 2.38. The number of esters is 1. The molecule has 18 heavy (non-hydrogen) atoms. The Labute approximate surface area is 108 Å². The second kappa shape index (κ2) is 5.26. The molecule has 0 spiro atoms. The van der Waals surface area contributed by atoms with Crippen LogP contribution in [-0.4, -0.2) is 40.8 Å². The number of hydrogen-bond acceptors (Lipinski definition) is 7. The first-order chi connectivity index (χ1) is 8.67. The number of nitrogens with zero attached hydrogens (tertiary/aromatic N) is 3. The van der Waals surface area contributed by atoms with Crippen LogP contribution in [-0.2, 0) is 9.53 Å². The fraction of sp³-hybridized carbons (Fsp3) is 0.364. The van der Waals surface area contributed by atoms with Gasteiger partial charge in [0.2, 0.25) is 0 Å². The molecule has 1 aromatic rings. The van der Waals surface area contributed by atoms with E-state index in [1.165, 1.54) is 24.2 Å². The molecule has 1 aliphatic rings. The summed E-state index contributed by atoms with van der Waals surface area (Å²) in [7, 11) is 0. The molecule has 7 heteroatoms. The fourth-order valence-corrected chi connectivity index (χ4v) is 1.84. The molecule has 0 saturated carbocycles. The van der Waals surface area contributed by atoms with Crippen LogP contribution in [0.3, 0.4) is 0 Å². The Morgan fingerprint density at radius 3 is 3.00 bits per heavy atom. The van der Waals surface area contributed by atoms with Gasteiger partial charge in [0.15, 0.2) is 22.7 Å². The Morgan fingerprint density at radius 2 is 2.33 bits per heavy atom. The van der Waals surface area contributed by atoms with Crippen LogP contribution in [0.25, 0.3) is 0 Å². The molecule has 1 atom stereocenters. The Balaban J connectivity index is 2.32. The van der Waals surface area contributed by atoms with Gasteiger partial charge < -0.3 is 4.74 Å². The maximum atomic E-state index is 12.1. The minimum absolute atomic E-state index is 0.227. The molecular formula is C11H11N3O3S. The van der Waals surface area contributed by atoms with E-state index in [2.05, 4.69) is 15.0 Å². The summed E-state index contributed by atoms with van der Waals surface area (Å²) >= 11 is 1.36. The van der Waals surface area contributed by atoms with E-state index >= 15 is 0 Å². The Morgan fingerprint density at radius 1 is 1.56 bits per heavy atom. The zero-order chi connectivity index (χ0) is 13.1. The Bertz CT molecular complexity index is 530. The van der Waals surface area contributed by atoms with Gasteiger partial charge in [0, 0.05) is 12.4 Å². The summed E-state index contributed by atoms with van der Waals surface area (Å²) in [4.78, 5) is 35.8. The molecule has 94 valence electrons. The third-order valence-electron chi connectivity index (χ3n) is 2.36. The third-order valence-corrected chi connectivity index (χ3v) is 2.93. The van der Waals surface area contributed by atoms with Gasteiger partial charge in [0.1, 0.15) is 0 Å². The quantitative estimate of drug-likeness (QED) is 0.354. The minimum atomic E-state index is -0.985. The zero-order valence-electron chi connectivity index (χ0n) is 9.91. The van der Waals surface area contributed by atoms with Crippen molar-refractivity contribution in [1.29, 1.82) is 0 Å². The number of ketones is 1. The average molecular weight is 265 g/mol. The molecule has 1 unspecified atom stereocenters. The highest BCUT2D eigenvalue weighted by molar-refractivity contribution is 7.98. The second-order valence-corrected chi connectivity index (χ2v) is 4.24. The largest absolute Gasteiger partial charge is 0.465 e. The summed E-state index contributed by atoms with van der Waals surface area (Å²) in [6, 6.07) is 0. The van der Waals surface area contributed by atoms with Crippen molar-refractivity contribution >= 4 is 35.5 Å². The molecule has 0 fully saturated rings. The van der Waals surface area contributed by atoms with Crippen molar-refractivity contribution in [2.75, 3.05) is 12.9 Å². The van der Waals surface area contributed by atoms with Crippen LogP contribution in [0.2, 0.25) is 0 Å². The van der Waals surface area contributed by atoms with Gasteiger partial charge in [-0.1, -0.05) is 11.8 Å². The van der Waals surface area contributed by atoms with Crippen molar-refractivity contribution in [3.05, 3.63) is 11.8 Å². The lowest BCUT2D eigenvalue weighted by atomic mass is 9.98. The molecule has 0 amide bonds. The zero-order valence-corrected chi connectivity index (χ0v) is 10.7. The number of aliphatic imine (C=N–C) groups is 1. The molecule has 0 aromatic carbocycles. The number of carbonyl (C=O) groups is 2. The van der Waals surface area contributed by atoms with Crippen molar-refractivity contribution in [2.45, 2.75) is 12.1 Å². The molecule has 6 nitrogen and oxygen atoms in total. The summed E-state index contributed by atoms with van der Waals surface area (Å²) in [6.45, 7) is 1.91. The van der Waals surface area contributed by atoms with Crippen molar-refractivity contribution in [2.24, 2.45) is 10.9 Å². The second-order valence-electron chi connectivity index (χ2n) is 3.47. The topological polar surface area (TPSA) is 81.5 Å². The van der Waals surface area contributed by atoms with Gasteiger partial charge in [0.05, 0.1) is 12.2 Å². The molecule has 0 aliphatic carbocycles. The van der Waals surface area contributed by atoms with Gasteiger partial charge in [-0.3, -0.25) is 9.59 Å². The smallest absolute Gasteiger partial charge is 0.322 e. The summed E-state index contributed by atoms with van der Waals surface area (Å²) in [6.07, 6.45) is 4.51. The van der Waals surface area contributed by atoms with Gasteiger partial charge in [-0.05, 0) is 13.2 Å². The van der Waals surface area contributed by atoms with E-state index in [4.69, 9.17) is 4.74 Å². The van der Waals surface area contributed by atoms with E-state index < -0.39 is 11.9 Å². The van der Waals surface area contributed by atoms with E-state index in [0.29, 0.717) is 11.0 Å². The van der Waals surface area contributed by atoms with E-state index in [9.17, 15) is 9.59 Å². The summed E-state index contributed by atoms with van der Waals surface area (Å²) in [5, 5.41) is 0.535. The SMILES string of the molecule is CCOC(=O)C1C=Nc2nc(SC)ncc2C1=O. The maximum Gasteiger partial charge on any atom is 0.322 e. The monoisotopic (exact) mass is 265 g/mol. The van der Waals surface area contributed by atoms with E-state index in [1.807, 2.05) is 6.26 Å². The maximum absolute atomic E-state index is 12.1. The summed E-state index contributed by atoms with van der Waals surface area (Å²) < 4.78 is 4.82. The first-order valence-corrected chi connectivity index (χ1v) is 6.56. The first kappa shape index (κ1) is 12.7. The van der Waals surface area contributed by atoms with Crippen LogP contribution in [0.5, 0.6) is 0 Å². The summed E-state index contributed by atoms with van der Waals surface area (Å²) in [5.74, 6) is -1.64. The van der Waals surface area contributed by atoms with Gasteiger partial charge in [0.25, 0.3) is 0 Å². The normalized spacial score (nSPS) is 17.4. The molecule has 0 N–H and O–H groups in total. The lowest BCUT2D eigenvalue weighted by Crippen LogP contribution is -2.30. The van der Waals surface area contributed by atoms with Crippen LogP contribution in [0, 0.1) is 5.92 Å². The van der Waals surface area contributed by atoms with Gasteiger partial charge >= 0.3 is 5.97 Å². The highest BCUT2D eigenvalue weighted by Gasteiger charge is 2.32. The summed E-state index contributed by atoms with van der Waals surface area (Å²) in [5.41, 5.74) is 0.258. The molecule has 2 rings (SSSR count). The molecule has 0 saturated heterocycles. The van der Waals surface area contributed by atoms with Gasteiger partial charge in [-0.2, -0.15) is 0 Å². The Hall–Kier alpha value is -1.76. The van der Waals surface area contributed by atoms with Gasteiger partial charge in [-0.25, -0.2) is 15.0 Å². The standard InChI is InChI=1S/C11H11N3O3S/c1-3-17-10(16)7-5-12-9-6(8(7)15)4-13-11(14-9)18-2/h4-5,7H,3H2,1-2H3. The minimum Gasteiger partial charge on any atom is -0.465 e. The van der Waals surface area contributed by atoms with Crippen LogP contribution in [0.1, 0.15) is 17.3 Å². The molecule has 1 aliphatic heterocycles. The number of Topliss-reactive ketones (excluding diaryl/α,β-unsaturated/α-hetero) is 1. The molecular weight excluding hydrogens is 254 g/mol. The van der Waals surface area contributed by atoms with E-state index in [-0.39, 0.29) is 18.0 Å². The lowest BCUT2D eigenvalue weighted by molar-refractivity contribution is -0.143. The molecule has 0 radical (unpaired) electrons. The van der Waals surface area contributed by atoms with E-state index in [0.717, 1.165) is 0 Å². The number of rotatable bonds is 3. The van der Waals surface area contributed by atoms with Crippen molar-refractivity contribution < 1.29 is 14.3 Å². The number of fused-ring (bicyclic) bond motifs is 1. The van der Waals surface area contributed by atoms with Crippen molar-refractivity contribution in [3.63, 3.8) is 0 Å². The number of thioether (sulfide) groups is 1. The fourth-order valence-electron chi connectivity index (χ4n) is 1.51. The molecule has 2 heterocycles. The predicted molar refractivity (Wildman–Crippen MR) is 66.4 cm³/mol. The highest BCUT2D eigenvalue weighted by atomic mass is 32.2. The van der Waals surface area contributed by atoms with Crippen molar-refractivity contribution in [1.82, 2.24) is 9.97 Å². The number of carbonyl (C=O) groups excluding carboxylic acids is 2. The Kier molecular flexibility index (Phi) is 3.71. The van der Waals surface area contributed by atoms with Crippen LogP contribution < -0.4 is 0 Å². The third kappa shape index (κ3) is 2.26. The first-order valence-electron chi connectivity index (χ1n) is 5.33. The van der Waals surface area contributed by atoms with Crippen LogP contribution in [0.15, 0.2) is 16.3 Å². The number of hydrogen-bond donors (Lipinski definition) is 0. The van der Waals surface area contributed by atoms with E-state index in [1.54, 1.807) is 6.92 Å². The van der Waals surface area contributed by atoms with Crippen LogP contribution >= 0.6 is 11.8 Å². The van der Waals surface area contributed by atoms with Crippen molar-refractivity contribution in [3.8, 4) is 0 Å². The number of aromatic nitrogens is 2. The highest BCUT2D eigenvalue weighted by Crippen LogP contribution is 2.25. The lowest BCUT2D eigenvalue weighted by Gasteiger charge is -2.15. The predicted octanol–water partition coefficient (Wildman–Crippen LogP) is 1.28. The van der Waals surface area contributed by atoms with Crippen LogP contribution in [0.4, 0.5) is 5.82 Å². The molecule has 0 bridgehead atoms.